The molecule has 0 atom stereocenters. The predicted molar refractivity (Wildman–Crippen MR) is 222 cm³/mol. The van der Waals surface area contributed by atoms with Crippen molar-refractivity contribution in [3.8, 4) is 33.8 Å². The van der Waals surface area contributed by atoms with Crippen LogP contribution in [0.25, 0.3) is 22.3 Å². The number of nitrogens with one attached hydrogen (secondary N) is 1. The highest BCUT2D eigenvalue weighted by Gasteiger charge is 2.35. The van der Waals surface area contributed by atoms with Gasteiger partial charge in [0.2, 0.25) is 5.91 Å². The van der Waals surface area contributed by atoms with Gasteiger partial charge in [-0.3, -0.25) is 4.79 Å². The highest BCUT2D eigenvalue weighted by Crippen LogP contribution is 2.40. The number of alkyl halides is 7. The lowest BCUT2D eigenvalue weighted by atomic mass is 9.97. The molecule has 0 aliphatic carbocycles. The van der Waals surface area contributed by atoms with Crippen LogP contribution in [-0.2, 0) is 43.2 Å². The Labute approximate surface area is 349 Å². The minimum absolute atomic E-state index is 0. The minimum Gasteiger partial charge on any atom is -0.489 e. The number of anilines is 2. The summed E-state index contributed by atoms with van der Waals surface area (Å²) in [4.78, 5) is 13.5. The van der Waals surface area contributed by atoms with Gasteiger partial charge in [-0.1, -0.05) is 84.9 Å². The third kappa shape index (κ3) is 10.3. The fraction of sp³-hybridized carbons (Fsp3) is 0.196. The van der Waals surface area contributed by atoms with Crippen LogP contribution < -0.4 is 19.7 Å². The van der Waals surface area contributed by atoms with Gasteiger partial charge in [-0.05, 0) is 106 Å². The Kier molecular flexibility index (Phi) is 13.5. The molecule has 306 valence electrons. The zero-order valence-electron chi connectivity index (χ0n) is 31.4. The molecule has 6 aromatic rings. The second-order valence-corrected chi connectivity index (χ2v) is 14.0. The topological polar surface area (TPSA) is 50.8 Å². The van der Waals surface area contributed by atoms with E-state index in [1.165, 1.54) is 23.8 Å². The molecule has 0 spiro atoms. The van der Waals surface area contributed by atoms with Crippen molar-refractivity contribution in [1.82, 2.24) is 0 Å². The number of halogens is 8. The van der Waals surface area contributed by atoms with Crippen molar-refractivity contribution in [2.75, 3.05) is 29.2 Å². The van der Waals surface area contributed by atoms with Crippen LogP contribution in [0, 0.1) is 0 Å². The van der Waals surface area contributed by atoms with Crippen LogP contribution in [0.15, 0.2) is 133 Å². The molecule has 5 nitrogen and oxygen atoms in total. The van der Waals surface area contributed by atoms with E-state index in [2.05, 4.69) is 5.32 Å². The molecule has 0 unspecified atom stereocenters. The van der Waals surface area contributed by atoms with E-state index < -0.39 is 23.5 Å². The van der Waals surface area contributed by atoms with E-state index in [1.54, 1.807) is 89.8 Å². The van der Waals surface area contributed by atoms with Gasteiger partial charge in [0.15, 0.2) is 0 Å². The normalized spacial score (nSPS) is 13.0. The number of nitrogens with zero attached hydrogens (tertiary/aromatic N) is 1. The maximum Gasteiger partial charge on any atom is 0.417 e. The molecule has 0 radical (unpaired) electrons. The van der Waals surface area contributed by atoms with Crippen LogP contribution in [0.1, 0.15) is 33.4 Å². The highest BCUT2D eigenvalue weighted by molar-refractivity contribution is 6.29. The molecule has 2 heterocycles. The summed E-state index contributed by atoms with van der Waals surface area (Å²) < 4.78 is 93.3. The number of rotatable bonds is 9. The fourth-order valence-corrected chi connectivity index (χ4v) is 7.22. The molecule has 1 amide bonds. The van der Waals surface area contributed by atoms with Gasteiger partial charge in [-0.25, -0.2) is 0 Å². The van der Waals surface area contributed by atoms with Crippen molar-refractivity contribution < 1.29 is 40.6 Å². The van der Waals surface area contributed by atoms with E-state index in [4.69, 9.17) is 21.1 Å². The average molecular weight is 852 g/mol. The van der Waals surface area contributed by atoms with Gasteiger partial charge < -0.3 is 19.7 Å². The molecular weight excluding hydrogens is 813 g/mol. The highest BCUT2D eigenvalue weighted by atomic mass is 35.5. The Bertz CT molecular complexity index is 2390. The first-order chi connectivity index (χ1) is 27.9. The lowest BCUT2D eigenvalue weighted by Gasteiger charge is -2.17. The van der Waals surface area contributed by atoms with Gasteiger partial charge in [-0.15, -0.1) is 24.0 Å². The molecule has 0 bridgehead atoms. The van der Waals surface area contributed by atoms with E-state index >= 15 is 0 Å². The summed E-state index contributed by atoms with van der Waals surface area (Å²) in [5.41, 5.74) is 4.95. The largest absolute Gasteiger partial charge is 0.489 e. The zero-order valence-corrected chi connectivity index (χ0v) is 32.9. The molecule has 0 saturated heterocycles. The maximum atomic E-state index is 13.7. The van der Waals surface area contributed by atoms with Crippen LogP contribution >= 0.6 is 24.0 Å². The smallest absolute Gasteiger partial charge is 0.417 e. The SMILES string of the molecule is Cl.FC(F)(F)c1cc(COc2ccc3c(c2)CCN3)ccc1-c1ccccc1.O=C(CCl)N1CCc2cc(OCc3ccc(-c4ccccc4)c(C(F)(F)F)c3)ccc21. The number of carbonyl (C=O) groups is 1. The van der Waals surface area contributed by atoms with E-state index in [1.807, 2.05) is 24.3 Å². The van der Waals surface area contributed by atoms with E-state index in [-0.39, 0.29) is 48.5 Å². The minimum atomic E-state index is -4.48. The van der Waals surface area contributed by atoms with Gasteiger partial charge >= 0.3 is 12.4 Å². The summed E-state index contributed by atoms with van der Waals surface area (Å²) in [6.07, 6.45) is -7.30. The standard InChI is InChI=1S/C24H19ClF3NO2.C22H18F3NO.ClH/c25-14-23(30)29-11-10-18-13-19(7-9-22(18)29)31-15-16-6-8-20(17-4-2-1-3-5-17)21(12-16)24(26,27)28;23-22(24,25)20-12-15(6-8-19(20)16-4-2-1-3-5-16)14-27-18-7-9-21-17(13-18)10-11-26-21;/h1-9,12-13H,10-11,14-15H2;1-9,12-13,26H,10-11,14H2;1H. The number of amides is 1. The second-order valence-electron chi connectivity index (χ2n) is 13.8. The van der Waals surface area contributed by atoms with Gasteiger partial charge in [0.1, 0.15) is 30.6 Å². The van der Waals surface area contributed by atoms with Crippen molar-refractivity contribution in [3.63, 3.8) is 0 Å². The number of hydrogen-bond acceptors (Lipinski definition) is 4. The summed E-state index contributed by atoms with van der Waals surface area (Å²) in [5.74, 6) is 0.961. The first-order valence-corrected chi connectivity index (χ1v) is 19.0. The first kappa shape index (κ1) is 42.9. The van der Waals surface area contributed by atoms with Crippen LogP contribution in [0.5, 0.6) is 11.5 Å². The van der Waals surface area contributed by atoms with Crippen molar-refractivity contribution >= 4 is 41.3 Å². The summed E-state index contributed by atoms with van der Waals surface area (Å²) >= 11 is 5.65. The third-order valence-electron chi connectivity index (χ3n) is 9.91. The van der Waals surface area contributed by atoms with Gasteiger partial charge in [-0.2, -0.15) is 26.3 Å². The fourth-order valence-electron chi connectivity index (χ4n) is 7.07. The number of benzene rings is 6. The van der Waals surface area contributed by atoms with Crippen molar-refractivity contribution in [2.24, 2.45) is 0 Å². The number of fused-ring (bicyclic) bond motifs is 2. The molecule has 13 heteroatoms. The van der Waals surface area contributed by atoms with E-state index in [9.17, 15) is 31.1 Å². The van der Waals surface area contributed by atoms with Gasteiger partial charge in [0.25, 0.3) is 0 Å². The van der Waals surface area contributed by atoms with Crippen molar-refractivity contribution in [3.05, 3.63) is 167 Å². The Balaban J connectivity index is 0.000000197. The molecule has 59 heavy (non-hydrogen) atoms. The number of carbonyl (C=O) groups excluding carboxylic acids is 1. The Morgan fingerprint density at radius 2 is 1.14 bits per heavy atom. The summed E-state index contributed by atoms with van der Waals surface area (Å²) in [5, 5.41) is 3.27. The summed E-state index contributed by atoms with van der Waals surface area (Å²) in [7, 11) is 0. The molecule has 2 aliphatic rings. The number of ether oxygens (including phenoxy) is 2. The van der Waals surface area contributed by atoms with Crippen molar-refractivity contribution in [2.45, 2.75) is 38.4 Å². The molecule has 8 rings (SSSR count). The zero-order chi connectivity index (χ0) is 40.9. The molecule has 6 aromatic carbocycles. The number of hydrogen-bond donors (Lipinski definition) is 1. The Morgan fingerprint density at radius 3 is 1.64 bits per heavy atom. The average Bonchev–Trinajstić information content (AvgIpc) is 3.89. The van der Waals surface area contributed by atoms with Crippen LogP contribution in [0.3, 0.4) is 0 Å². The Hall–Kier alpha value is -5.65. The first-order valence-electron chi connectivity index (χ1n) is 18.5. The summed E-state index contributed by atoms with van der Waals surface area (Å²) in [6.45, 7) is 1.54. The Morgan fingerprint density at radius 1 is 0.627 bits per heavy atom. The molecule has 1 N–H and O–H groups in total. The maximum absolute atomic E-state index is 13.7. The predicted octanol–water partition coefficient (Wildman–Crippen LogP) is 12.4. The molecular formula is C46H38Cl2F6N2O3. The lowest BCUT2D eigenvalue weighted by molar-refractivity contribution is -0.138. The van der Waals surface area contributed by atoms with E-state index in [0.29, 0.717) is 46.7 Å². The van der Waals surface area contributed by atoms with Crippen molar-refractivity contribution in [1.29, 1.82) is 0 Å². The van der Waals surface area contributed by atoms with Gasteiger partial charge in [0, 0.05) is 24.5 Å². The second kappa shape index (κ2) is 18.5. The van der Waals surface area contributed by atoms with Crippen LogP contribution in [-0.4, -0.2) is 24.9 Å². The molecule has 0 aromatic heterocycles. The molecule has 0 fully saturated rings. The van der Waals surface area contributed by atoms with E-state index in [0.717, 1.165) is 36.0 Å². The quantitative estimate of drug-likeness (QED) is 0.116. The molecule has 0 saturated carbocycles. The van der Waals surface area contributed by atoms with Gasteiger partial charge in [0.05, 0.1) is 11.1 Å². The van der Waals surface area contributed by atoms with Crippen LogP contribution in [0.2, 0.25) is 0 Å². The summed E-state index contributed by atoms with van der Waals surface area (Å²) in [6, 6.07) is 36.8. The lowest BCUT2D eigenvalue weighted by Crippen LogP contribution is -2.29. The molecule has 2 aliphatic heterocycles. The third-order valence-corrected chi connectivity index (χ3v) is 10.1. The van der Waals surface area contributed by atoms with Crippen LogP contribution in [0.4, 0.5) is 37.7 Å². The monoisotopic (exact) mass is 850 g/mol.